The van der Waals surface area contributed by atoms with E-state index >= 15 is 0 Å². The molecule has 0 bridgehead atoms. The van der Waals surface area contributed by atoms with Crippen LogP contribution in [-0.2, 0) is 66.7 Å². The molecule has 51 heavy (non-hydrogen) atoms. The van der Waals surface area contributed by atoms with Crippen molar-refractivity contribution in [1.29, 1.82) is 0 Å². The highest BCUT2D eigenvalue weighted by Crippen LogP contribution is 2.31. The van der Waals surface area contributed by atoms with Crippen LogP contribution in [0.2, 0.25) is 0 Å². The Labute approximate surface area is 302 Å². The monoisotopic (exact) mass is 731 g/mol. The van der Waals surface area contributed by atoms with Crippen LogP contribution in [0, 0.1) is 0 Å². The summed E-state index contributed by atoms with van der Waals surface area (Å²) in [6.07, 6.45) is 4.76. The third-order valence-electron chi connectivity index (χ3n) is 8.32. The minimum absolute atomic E-state index is 0.0627. The molecule has 1 saturated heterocycles. The fraction of sp³-hybridized carbons (Fsp3) is 0.833. The van der Waals surface area contributed by atoms with Gasteiger partial charge in [0.1, 0.15) is 19.3 Å². The number of nitrogens with one attached hydrogen (secondary N) is 1. The number of unbranched alkanes of at least 4 members (excludes halogenated alkanes) is 9. The van der Waals surface area contributed by atoms with Gasteiger partial charge in [-0.15, -0.1) is 0 Å². The van der Waals surface area contributed by atoms with Crippen LogP contribution in [0.1, 0.15) is 126 Å². The van der Waals surface area contributed by atoms with E-state index in [1.54, 1.807) is 14.0 Å². The number of hydrogen-bond acceptors (Lipinski definition) is 14. The van der Waals surface area contributed by atoms with E-state index < -0.39 is 66.7 Å². The van der Waals surface area contributed by atoms with Crippen molar-refractivity contribution in [2.75, 3.05) is 20.3 Å². The molecule has 1 fully saturated rings. The van der Waals surface area contributed by atoms with Gasteiger partial charge < -0.3 is 43.2 Å². The molecule has 0 aromatic heterocycles. The highest BCUT2D eigenvalue weighted by Gasteiger charge is 2.53. The van der Waals surface area contributed by atoms with Crippen LogP contribution in [0.4, 0.5) is 0 Å². The predicted octanol–water partition coefficient (Wildman–Crippen LogP) is 4.24. The predicted molar refractivity (Wildman–Crippen MR) is 183 cm³/mol. The minimum atomic E-state index is -1.35. The number of ether oxygens (including phenoxy) is 8. The summed E-state index contributed by atoms with van der Waals surface area (Å²) >= 11 is 0. The number of methoxy groups -OCH3 is 1. The number of carbonyl (C=O) groups is 6. The minimum Gasteiger partial charge on any atom is -0.463 e. The molecule has 1 heterocycles. The van der Waals surface area contributed by atoms with Gasteiger partial charge in [-0.1, -0.05) is 64.2 Å². The molecule has 15 heteroatoms. The Morgan fingerprint density at radius 3 is 1.55 bits per heavy atom. The van der Waals surface area contributed by atoms with Gasteiger partial charge in [0.05, 0.1) is 18.2 Å². The maximum Gasteiger partial charge on any atom is 0.303 e. The molecular formula is C36H61NO14. The molecule has 0 aromatic rings. The van der Waals surface area contributed by atoms with Crippen LogP contribution in [0.3, 0.4) is 0 Å². The molecule has 0 aliphatic carbocycles. The van der Waals surface area contributed by atoms with Gasteiger partial charge in [0.25, 0.3) is 0 Å². The molecule has 0 aromatic carbocycles. The van der Waals surface area contributed by atoms with Gasteiger partial charge in [-0.05, 0) is 19.8 Å². The lowest BCUT2D eigenvalue weighted by Gasteiger charge is -2.45. The molecule has 1 N–H and O–H groups in total. The average molecular weight is 732 g/mol. The van der Waals surface area contributed by atoms with Gasteiger partial charge in [0.2, 0.25) is 5.91 Å². The van der Waals surface area contributed by atoms with Gasteiger partial charge in [-0.3, -0.25) is 28.8 Å². The van der Waals surface area contributed by atoms with Crippen molar-refractivity contribution in [1.82, 2.24) is 5.32 Å². The number of carbonyl (C=O) groups excluding carboxylic acids is 6. The van der Waals surface area contributed by atoms with Crippen molar-refractivity contribution >= 4 is 35.8 Å². The second-order valence-corrected chi connectivity index (χ2v) is 13.0. The molecule has 1 aliphatic rings. The average Bonchev–Trinajstić information content (AvgIpc) is 3.02. The van der Waals surface area contributed by atoms with Crippen LogP contribution in [0.5, 0.6) is 0 Å². The molecule has 1 rings (SSSR count). The van der Waals surface area contributed by atoms with Gasteiger partial charge >= 0.3 is 29.8 Å². The van der Waals surface area contributed by atoms with Crippen molar-refractivity contribution in [3.8, 4) is 0 Å². The van der Waals surface area contributed by atoms with E-state index in [0.29, 0.717) is 13.0 Å². The summed E-state index contributed by atoms with van der Waals surface area (Å²) in [6.45, 7) is 9.17. The molecule has 294 valence electrons. The molecule has 0 saturated carbocycles. The summed E-state index contributed by atoms with van der Waals surface area (Å²) < 4.78 is 44.6. The van der Waals surface area contributed by atoms with Crippen molar-refractivity contribution < 1.29 is 66.7 Å². The standard InChI is InChI=1S/C36H61NO14/c1-23(37-24(2)38)31(20-18-16-14-12-10-9-11-13-15-17-19-30(44-8)21-45-25(3)39)50-36-35(49-29(7)43)34(48-28(6)42)33(47-27(5)41)32(51-36)22-46-26(4)40/h23,30-36H,9-22H2,1-8H3,(H,37,38)/t23-,30?,31-,32-,33+,34+,35-,36-/m1/s1. The first kappa shape index (κ1) is 45.7. The Morgan fingerprint density at radius 2 is 1.08 bits per heavy atom. The van der Waals surface area contributed by atoms with Gasteiger partial charge in [0, 0.05) is 48.7 Å². The van der Waals surface area contributed by atoms with E-state index in [2.05, 4.69) is 5.32 Å². The van der Waals surface area contributed by atoms with Crippen LogP contribution in [0.25, 0.3) is 0 Å². The first-order valence-corrected chi connectivity index (χ1v) is 18.0. The van der Waals surface area contributed by atoms with Crippen LogP contribution >= 0.6 is 0 Å². The molecular weight excluding hydrogens is 670 g/mol. The van der Waals surface area contributed by atoms with Gasteiger partial charge in [-0.25, -0.2) is 0 Å². The molecule has 1 aliphatic heterocycles. The van der Waals surface area contributed by atoms with Gasteiger partial charge in [-0.2, -0.15) is 0 Å². The van der Waals surface area contributed by atoms with E-state index in [0.717, 1.165) is 84.5 Å². The van der Waals surface area contributed by atoms with E-state index in [1.165, 1.54) is 27.7 Å². The van der Waals surface area contributed by atoms with E-state index in [9.17, 15) is 28.8 Å². The fourth-order valence-electron chi connectivity index (χ4n) is 5.93. The lowest BCUT2D eigenvalue weighted by molar-refractivity contribution is -0.318. The zero-order chi connectivity index (χ0) is 38.3. The molecule has 15 nitrogen and oxygen atoms in total. The van der Waals surface area contributed by atoms with E-state index in [4.69, 9.17) is 37.9 Å². The number of hydrogen-bond donors (Lipinski definition) is 1. The van der Waals surface area contributed by atoms with Crippen LogP contribution in [0.15, 0.2) is 0 Å². The van der Waals surface area contributed by atoms with Gasteiger partial charge in [0.15, 0.2) is 24.6 Å². The Balaban J connectivity index is 2.81. The third kappa shape index (κ3) is 20.4. The second-order valence-electron chi connectivity index (χ2n) is 13.0. The summed E-state index contributed by atoms with van der Waals surface area (Å²) in [4.78, 5) is 71.1. The number of amides is 1. The first-order valence-electron chi connectivity index (χ1n) is 18.0. The Kier molecular flexibility index (Phi) is 23.0. The van der Waals surface area contributed by atoms with E-state index in [-0.39, 0.29) is 24.6 Å². The molecule has 0 radical (unpaired) electrons. The first-order chi connectivity index (χ1) is 24.1. The van der Waals surface area contributed by atoms with Crippen molar-refractivity contribution in [2.45, 2.75) is 174 Å². The lowest BCUT2D eigenvalue weighted by Crippen LogP contribution is -2.63. The molecule has 1 amide bonds. The summed E-state index contributed by atoms with van der Waals surface area (Å²) in [7, 11) is 1.63. The summed E-state index contributed by atoms with van der Waals surface area (Å²) in [6, 6.07) is -0.477. The maximum atomic E-state index is 12.2. The molecule has 8 atom stereocenters. The third-order valence-corrected chi connectivity index (χ3v) is 8.32. The van der Waals surface area contributed by atoms with Crippen molar-refractivity contribution in [3.05, 3.63) is 0 Å². The number of esters is 5. The maximum absolute atomic E-state index is 12.2. The second kappa shape index (κ2) is 25.6. The summed E-state index contributed by atoms with van der Waals surface area (Å²) in [5.41, 5.74) is 0. The lowest BCUT2D eigenvalue weighted by atomic mass is 9.97. The topological polar surface area (TPSA) is 188 Å². The van der Waals surface area contributed by atoms with Crippen LogP contribution < -0.4 is 5.32 Å². The Hall–Kier alpha value is -3.30. The fourth-order valence-corrected chi connectivity index (χ4v) is 5.93. The Morgan fingerprint density at radius 1 is 0.608 bits per heavy atom. The summed E-state index contributed by atoms with van der Waals surface area (Å²) in [5, 5.41) is 2.85. The Bertz CT molecular complexity index is 1080. The van der Waals surface area contributed by atoms with Crippen LogP contribution in [-0.4, -0.2) is 105 Å². The largest absolute Gasteiger partial charge is 0.463 e. The normalized spacial score (nSPS) is 21.8. The highest BCUT2D eigenvalue weighted by atomic mass is 16.7. The SMILES string of the molecule is COC(CCCCCCCCCCCC[C@@H](O[C@@H]1O[C@H](COC(C)=O)[C@H](OC(C)=O)[C@H](OC(C)=O)[C@H]1OC(C)=O)[C@@H](C)NC(C)=O)COC(C)=O. The smallest absolute Gasteiger partial charge is 0.303 e. The zero-order valence-electron chi connectivity index (χ0n) is 31.7. The zero-order valence-corrected chi connectivity index (χ0v) is 31.7. The number of rotatable bonds is 25. The highest BCUT2D eigenvalue weighted by molar-refractivity contribution is 5.73. The van der Waals surface area contributed by atoms with Crippen molar-refractivity contribution in [3.63, 3.8) is 0 Å². The van der Waals surface area contributed by atoms with E-state index in [1.807, 2.05) is 0 Å². The molecule has 1 unspecified atom stereocenters. The van der Waals surface area contributed by atoms with Crippen molar-refractivity contribution in [2.24, 2.45) is 0 Å². The molecule has 0 spiro atoms. The summed E-state index contributed by atoms with van der Waals surface area (Å²) in [5.74, 6) is -3.37. The quantitative estimate of drug-likeness (QED) is 0.0798.